The molecule has 1 aliphatic rings. The maximum absolute atomic E-state index is 11.1. The normalized spacial score (nSPS) is 15.2. The Hall–Kier alpha value is -1.89. The molecule has 19 heavy (non-hydrogen) atoms. The van der Waals surface area contributed by atoms with Crippen molar-refractivity contribution in [3.63, 3.8) is 0 Å². The second kappa shape index (κ2) is 6.33. The lowest BCUT2D eigenvalue weighted by Crippen LogP contribution is -2.37. The molecular formula is C12H18N4O3. The van der Waals surface area contributed by atoms with Gasteiger partial charge in [0.05, 0.1) is 20.3 Å². The van der Waals surface area contributed by atoms with Crippen molar-refractivity contribution in [2.45, 2.75) is 6.92 Å². The molecule has 1 aromatic heterocycles. The van der Waals surface area contributed by atoms with Gasteiger partial charge in [-0.25, -0.2) is 9.97 Å². The van der Waals surface area contributed by atoms with E-state index in [0.29, 0.717) is 24.9 Å². The summed E-state index contributed by atoms with van der Waals surface area (Å²) in [4.78, 5) is 21.9. The standard InChI is InChI=1S/C12H18N4O3/c1-9-14-10(13-8-12(17)18-2)7-11(15-9)16-3-5-19-6-4-16/h7H,3-6,8H2,1-2H3,(H,13,14,15). The van der Waals surface area contributed by atoms with Gasteiger partial charge >= 0.3 is 5.97 Å². The van der Waals surface area contributed by atoms with Crippen LogP contribution in [0, 0.1) is 6.92 Å². The number of hydrogen-bond donors (Lipinski definition) is 1. The number of aryl methyl sites for hydroxylation is 1. The molecule has 0 aromatic carbocycles. The third-order valence-electron chi connectivity index (χ3n) is 2.80. The molecule has 1 aliphatic heterocycles. The van der Waals surface area contributed by atoms with Crippen LogP contribution in [0.5, 0.6) is 0 Å². The van der Waals surface area contributed by atoms with Gasteiger partial charge < -0.3 is 19.7 Å². The molecule has 1 saturated heterocycles. The average molecular weight is 266 g/mol. The number of nitrogens with zero attached hydrogens (tertiary/aromatic N) is 3. The average Bonchev–Trinajstić information content (AvgIpc) is 2.45. The highest BCUT2D eigenvalue weighted by Crippen LogP contribution is 2.16. The van der Waals surface area contributed by atoms with Gasteiger partial charge in [-0.2, -0.15) is 0 Å². The van der Waals surface area contributed by atoms with Crippen LogP contribution < -0.4 is 10.2 Å². The lowest BCUT2D eigenvalue weighted by Gasteiger charge is -2.28. The van der Waals surface area contributed by atoms with Crippen LogP contribution in [0.25, 0.3) is 0 Å². The number of ether oxygens (including phenoxy) is 2. The molecule has 0 spiro atoms. The lowest BCUT2D eigenvalue weighted by atomic mass is 10.4. The SMILES string of the molecule is COC(=O)CNc1cc(N2CCOCC2)nc(C)n1. The number of nitrogens with one attached hydrogen (secondary N) is 1. The number of carbonyl (C=O) groups excluding carboxylic acids is 1. The summed E-state index contributed by atoms with van der Waals surface area (Å²) in [6.45, 7) is 4.95. The molecule has 1 aromatic rings. The predicted molar refractivity (Wildman–Crippen MR) is 70.3 cm³/mol. The predicted octanol–water partition coefficient (Wildman–Crippen LogP) is 0.207. The molecule has 7 heteroatoms. The van der Waals surface area contributed by atoms with Gasteiger partial charge in [-0.1, -0.05) is 0 Å². The quantitative estimate of drug-likeness (QED) is 0.780. The summed E-state index contributed by atoms with van der Waals surface area (Å²) in [6, 6.07) is 1.83. The van der Waals surface area contributed by atoms with E-state index in [9.17, 15) is 4.79 Å². The number of methoxy groups -OCH3 is 1. The van der Waals surface area contributed by atoms with E-state index in [1.165, 1.54) is 7.11 Å². The van der Waals surface area contributed by atoms with E-state index in [4.69, 9.17) is 4.74 Å². The Morgan fingerprint density at radius 2 is 2.21 bits per heavy atom. The molecule has 1 N–H and O–H groups in total. The minimum Gasteiger partial charge on any atom is -0.468 e. The Morgan fingerprint density at radius 1 is 1.47 bits per heavy atom. The van der Waals surface area contributed by atoms with Crippen molar-refractivity contribution in [3.8, 4) is 0 Å². The monoisotopic (exact) mass is 266 g/mol. The van der Waals surface area contributed by atoms with Crippen LogP contribution in [0.4, 0.5) is 11.6 Å². The van der Waals surface area contributed by atoms with E-state index in [2.05, 4.69) is 24.9 Å². The Bertz CT molecular complexity index is 447. The van der Waals surface area contributed by atoms with Gasteiger partial charge in [0.25, 0.3) is 0 Å². The van der Waals surface area contributed by atoms with E-state index < -0.39 is 0 Å². The highest BCUT2D eigenvalue weighted by Gasteiger charge is 2.14. The minimum absolute atomic E-state index is 0.0928. The van der Waals surface area contributed by atoms with Crippen LogP contribution in [0.1, 0.15) is 5.82 Å². The van der Waals surface area contributed by atoms with Crippen LogP contribution >= 0.6 is 0 Å². The van der Waals surface area contributed by atoms with Gasteiger partial charge in [0.2, 0.25) is 0 Å². The molecular weight excluding hydrogens is 248 g/mol. The van der Waals surface area contributed by atoms with Crippen LogP contribution in [0.2, 0.25) is 0 Å². The van der Waals surface area contributed by atoms with Gasteiger partial charge in [0, 0.05) is 19.2 Å². The topological polar surface area (TPSA) is 76.6 Å². The fraction of sp³-hybridized carbons (Fsp3) is 0.583. The number of aromatic nitrogens is 2. The molecule has 0 atom stereocenters. The maximum atomic E-state index is 11.1. The zero-order chi connectivity index (χ0) is 13.7. The number of carbonyl (C=O) groups is 1. The summed E-state index contributed by atoms with van der Waals surface area (Å²) in [5.74, 6) is 1.81. The summed E-state index contributed by atoms with van der Waals surface area (Å²) in [5.41, 5.74) is 0. The Balaban J connectivity index is 2.07. The number of morpholine rings is 1. The first-order valence-electron chi connectivity index (χ1n) is 6.18. The molecule has 2 heterocycles. The van der Waals surface area contributed by atoms with Gasteiger partial charge in [-0.3, -0.25) is 4.79 Å². The molecule has 2 rings (SSSR count). The number of rotatable bonds is 4. The number of hydrogen-bond acceptors (Lipinski definition) is 7. The highest BCUT2D eigenvalue weighted by molar-refractivity contribution is 5.74. The second-order valence-corrected chi connectivity index (χ2v) is 4.19. The first-order chi connectivity index (χ1) is 9.19. The van der Waals surface area contributed by atoms with Gasteiger partial charge in [0.1, 0.15) is 24.0 Å². The molecule has 0 saturated carbocycles. The van der Waals surface area contributed by atoms with Crippen LogP contribution in [-0.2, 0) is 14.3 Å². The molecule has 7 nitrogen and oxygen atoms in total. The zero-order valence-corrected chi connectivity index (χ0v) is 11.2. The highest BCUT2D eigenvalue weighted by atomic mass is 16.5. The Kier molecular flexibility index (Phi) is 4.51. The van der Waals surface area contributed by atoms with Crippen molar-refractivity contribution in [3.05, 3.63) is 11.9 Å². The van der Waals surface area contributed by atoms with Crippen molar-refractivity contribution in [1.29, 1.82) is 0 Å². The molecule has 0 aliphatic carbocycles. The molecule has 0 amide bonds. The number of esters is 1. The Morgan fingerprint density at radius 3 is 2.89 bits per heavy atom. The maximum Gasteiger partial charge on any atom is 0.325 e. The Labute approximate surface area is 111 Å². The smallest absolute Gasteiger partial charge is 0.325 e. The van der Waals surface area contributed by atoms with Gasteiger partial charge in [0.15, 0.2) is 0 Å². The second-order valence-electron chi connectivity index (χ2n) is 4.19. The summed E-state index contributed by atoms with van der Waals surface area (Å²) in [7, 11) is 1.36. The van der Waals surface area contributed by atoms with Gasteiger partial charge in [-0.05, 0) is 6.92 Å². The lowest BCUT2D eigenvalue weighted by molar-refractivity contribution is -0.138. The fourth-order valence-electron chi connectivity index (χ4n) is 1.83. The molecule has 0 radical (unpaired) electrons. The van der Waals surface area contributed by atoms with Crippen LogP contribution in [0.3, 0.4) is 0 Å². The molecule has 1 fully saturated rings. The van der Waals surface area contributed by atoms with Gasteiger partial charge in [-0.15, -0.1) is 0 Å². The summed E-state index contributed by atoms with van der Waals surface area (Å²) in [6.07, 6.45) is 0. The number of anilines is 2. The van der Waals surface area contributed by atoms with E-state index in [0.717, 1.165) is 18.9 Å². The van der Waals surface area contributed by atoms with E-state index in [-0.39, 0.29) is 12.5 Å². The van der Waals surface area contributed by atoms with Crippen molar-refractivity contribution in [2.24, 2.45) is 0 Å². The third kappa shape index (κ3) is 3.78. The third-order valence-corrected chi connectivity index (χ3v) is 2.80. The minimum atomic E-state index is -0.329. The van der Waals surface area contributed by atoms with Crippen molar-refractivity contribution < 1.29 is 14.3 Å². The molecule has 0 bridgehead atoms. The largest absolute Gasteiger partial charge is 0.468 e. The van der Waals surface area contributed by atoms with Crippen molar-refractivity contribution >= 4 is 17.6 Å². The van der Waals surface area contributed by atoms with Crippen LogP contribution in [-0.4, -0.2) is 55.9 Å². The van der Waals surface area contributed by atoms with Crippen LogP contribution in [0.15, 0.2) is 6.07 Å². The fourth-order valence-corrected chi connectivity index (χ4v) is 1.83. The first-order valence-corrected chi connectivity index (χ1v) is 6.18. The molecule has 104 valence electrons. The summed E-state index contributed by atoms with van der Waals surface area (Å²) < 4.78 is 9.89. The zero-order valence-electron chi connectivity index (χ0n) is 11.2. The van der Waals surface area contributed by atoms with Crippen molar-refractivity contribution in [1.82, 2.24) is 9.97 Å². The van der Waals surface area contributed by atoms with E-state index >= 15 is 0 Å². The molecule has 0 unspecified atom stereocenters. The van der Waals surface area contributed by atoms with E-state index in [1.54, 1.807) is 0 Å². The van der Waals surface area contributed by atoms with Crippen molar-refractivity contribution in [2.75, 3.05) is 50.2 Å². The van der Waals surface area contributed by atoms with E-state index in [1.807, 2.05) is 13.0 Å². The first kappa shape index (κ1) is 13.5. The summed E-state index contributed by atoms with van der Waals surface area (Å²) in [5, 5.41) is 2.93. The summed E-state index contributed by atoms with van der Waals surface area (Å²) >= 11 is 0.